The lowest BCUT2D eigenvalue weighted by molar-refractivity contribution is 0.134. The van der Waals surface area contributed by atoms with Gasteiger partial charge in [-0.15, -0.1) is 5.10 Å². The van der Waals surface area contributed by atoms with Gasteiger partial charge >= 0.3 is 0 Å². The molecule has 0 saturated heterocycles. The second-order valence-electron chi connectivity index (χ2n) is 4.28. The van der Waals surface area contributed by atoms with E-state index >= 15 is 0 Å². The summed E-state index contributed by atoms with van der Waals surface area (Å²) in [6.45, 7) is 2.26. The van der Waals surface area contributed by atoms with Crippen LogP contribution in [-0.4, -0.2) is 22.0 Å². The number of nitrogens with one attached hydrogen (secondary N) is 1. The van der Waals surface area contributed by atoms with E-state index in [4.69, 9.17) is 0 Å². The first-order valence-electron chi connectivity index (χ1n) is 5.51. The Morgan fingerprint density at radius 3 is 2.69 bits per heavy atom. The summed E-state index contributed by atoms with van der Waals surface area (Å²) in [5.41, 5.74) is 0.318. The lowest BCUT2D eigenvalue weighted by Crippen LogP contribution is -2.15. The largest absolute Gasteiger partial charge is 0.314 e. The van der Waals surface area contributed by atoms with E-state index < -0.39 is 6.43 Å². The predicted octanol–water partition coefficient (Wildman–Crippen LogP) is 1.91. The van der Waals surface area contributed by atoms with E-state index in [9.17, 15) is 8.78 Å². The summed E-state index contributed by atoms with van der Waals surface area (Å²) in [7, 11) is 1.71. The summed E-state index contributed by atoms with van der Waals surface area (Å²) in [6.07, 6.45) is -0.310. The summed E-state index contributed by atoms with van der Waals surface area (Å²) in [6, 6.07) is 0.0297. The van der Waals surface area contributed by atoms with Gasteiger partial charge in [0.15, 0.2) is 0 Å². The summed E-state index contributed by atoms with van der Waals surface area (Å²) >= 11 is 0. The van der Waals surface area contributed by atoms with Gasteiger partial charge in [0.25, 0.3) is 6.43 Å². The molecule has 1 heterocycles. The first-order chi connectivity index (χ1) is 7.65. The third-order valence-electron chi connectivity index (χ3n) is 3.05. The molecule has 16 heavy (non-hydrogen) atoms. The standard InChI is InChI=1S/C10H16F2N4/c1-6(7-3-4-7)16-9(10(11)12)8(5-13-2)14-15-16/h6-7,10,13H,3-5H2,1-2H3. The van der Waals surface area contributed by atoms with Crippen LogP contribution in [0.2, 0.25) is 0 Å². The van der Waals surface area contributed by atoms with Crippen LogP contribution in [0.15, 0.2) is 0 Å². The summed E-state index contributed by atoms with van der Waals surface area (Å²) < 4.78 is 27.3. The normalized spacial score (nSPS) is 18.1. The van der Waals surface area contributed by atoms with Gasteiger partial charge in [-0.1, -0.05) is 5.21 Å². The third-order valence-corrected chi connectivity index (χ3v) is 3.05. The Kier molecular flexibility index (Phi) is 3.18. The Balaban J connectivity index is 2.28. The molecular weight excluding hydrogens is 214 g/mol. The summed E-state index contributed by atoms with van der Waals surface area (Å²) in [5.74, 6) is 0.488. The molecule has 1 aliphatic rings. The van der Waals surface area contributed by atoms with Gasteiger partial charge in [0, 0.05) is 6.54 Å². The number of halogens is 2. The number of hydrogen-bond donors (Lipinski definition) is 1. The number of nitrogens with zero attached hydrogens (tertiary/aromatic N) is 3. The minimum Gasteiger partial charge on any atom is -0.314 e. The molecule has 2 rings (SSSR count). The van der Waals surface area contributed by atoms with Crippen LogP contribution in [0.25, 0.3) is 0 Å². The maximum Gasteiger partial charge on any atom is 0.281 e. The monoisotopic (exact) mass is 230 g/mol. The van der Waals surface area contributed by atoms with Crippen LogP contribution in [-0.2, 0) is 6.54 Å². The molecule has 0 spiro atoms. The summed E-state index contributed by atoms with van der Waals surface area (Å²) in [5, 5.41) is 10.5. The average Bonchev–Trinajstić information content (AvgIpc) is 2.99. The van der Waals surface area contributed by atoms with Crippen molar-refractivity contribution in [1.29, 1.82) is 0 Å². The molecular formula is C10H16F2N4. The Bertz CT molecular complexity index is 360. The smallest absolute Gasteiger partial charge is 0.281 e. The Morgan fingerprint density at radius 2 is 2.19 bits per heavy atom. The third kappa shape index (κ3) is 2.07. The molecule has 1 aliphatic carbocycles. The first kappa shape index (κ1) is 11.4. The fraction of sp³-hybridized carbons (Fsp3) is 0.800. The lowest BCUT2D eigenvalue weighted by atomic mass is 10.2. The van der Waals surface area contributed by atoms with Gasteiger partial charge in [-0.3, -0.25) is 0 Å². The minimum absolute atomic E-state index is 0.0297. The van der Waals surface area contributed by atoms with Crippen molar-refractivity contribution in [2.45, 2.75) is 38.8 Å². The van der Waals surface area contributed by atoms with Gasteiger partial charge in [-0.05, 0) is 32.7 Å². The van der Waals surface area contributed by atoms with Crippen LogP contribution in [0.1, 0.15) is 43.6 Å². The van der Waals surface area contributed by atoms with E-state index in [0.29, 0.717) is 18.2 Å². The molecule has 1 fully saturated rings. The van der Waals surface area contributed by atoms with E-state index in [1.807, 2.05) is 6.92 Å². The molecule has 0 radical (unpaired) electrons. The van der Waals surface area contributed by atoms with Crippen LogP contribution in [0.5, 0.6) is 0 Å². The molecule has 90 valence electrons. The van der Waals surface area contributed by atoms with Crippen LogP contribution < -0.4 is 5.32 Å². The van der Waals surface area contributed by atoms with Gasteiger partial charge < -0.3 is 5.32 Å². The second kappa shape index (κ2) is 4.45. The molecule has 1 aromatic heterocycles. The van der Waals surface area contributed by atoms with Crippen molar-refractivity contribution in [3.63, 3.8) is 0 Å². The fourth-order valence-electron chi connectivity index (χ4n) is 1.93. The highest BCUT2D eigenvalue weighted by atomic mass is 19.3. The number of rotatable bonds is 5. The van der Waals surface area contributed by atoms with Crippen LogP contribution in [0.4, 0.5) is 8.78 Å². The quantitative estimate of drug-likeness (QED) is 0.840. The molecule has 1 saturated carbocycles. The SMILES string of the molecule is CNCc1nnn(C(C)C2CC2)c1C(F)F. The zero-order chi connectivity index (χ0) is 11.7. The molecule has 1 aromatic rings. The van der Waals surface area contributed by atoms with Gasteiger partial charge in [0.2, 0.25) is 0 Å². The molecule has 0 aromatic carbocycles. The number of alkyl halides is 2. The van der Waals surface area contributed by atoms with Gasteiger partial charge in [-0.2, -0.15) is 0 Å². The van der Waals surface area contributed by atoms with E-state index in [0.717, 1.165) is 12.8 Å². The molecule has 0 aliphatic heterocycles. The van der Waals surface area contributed by atoms with Crippen LogP contribution in [0, 0.1) is 5.92 Å². The highest BCUT2D eigenvalue weighted by molar-refractivity contribution is 5.12. The fourth-order valence-corrected chi connectivity index (χ4v) is 1.93. The Morgan fingerprint density at radius 1 is 1.50 bits per heavy atom. The van der Waals surface area contributed by atoms with Crippen molar-refractivity contribution in [3.05, 3.63) is 11.4 Å². The zero-order valence-corrected chi connectivity index (χ0v) is 9.45. The van der Waals surface area contributed by atoms with Crippen molar-refractivity contribution in [3.8, 4) is 0 Å². The van der Waals surface area contributed by atoms with Crippen molar-refractivity contribution < 1.29 is 8.78 Å². The minimum atomic E-state index is -2.51. The van der Waals surface area contributed by atoms with Crippen LogP contribution >= 0.6 is 0 Å². The highest BCUT2D eigenvalue weighted by Crippen LogP contribution is 2.40. The number of hydrogen-bond acceptors (Lipinski definition) is 3. The van der Waals surface area contributed by atoms with Gasteiger partial charge in [-0.25, -0.2) is 13.5 Å². The highest BCUT2D eigenvalue weighted by Gasteiger charge is 2.33. The molecule has 1 unspecified atom stereocenters. The van der Waals surface area contributed by atoms with Crippen molar-refractivity contribution >= 4 is 0 Å². The van der Waals surface area contributed by atoms with Crippen LogP contribution in [0.3, 0.4) is 0 Å². The molecule has 1 N–H and O–H groups in total. The topological polar surface area (TPSA) is 42.7 Å². The van der Waals surface area contributed by atoms with Gasteiger partial charge in [0.1, 0.15) is 11.4 Å². The van der Waals surface area contributed by atoms with Crippen molar-refractivity contribution in [2.24, 2.45) is 5.92 Å². The predicted molar refractivity (Wildman–Crippen MR) is 55.2 cm³/mol. The molecule has 0 amide bonds. The van der Waals surface area contributed by atoms with E-state index in [2.05, 4.69) is 15.6 Å². The Labute approximate surface area is 93.0 Å². The first-order valence-corrected chi connectivity index (χ1v) is 5.51. The summed E-state index contributed by atoms with van der Waals surface area (Å²) in [4.78, 5) is 0. The van der Waals surface area contributed by atoms with Gasteiger partial charge in [0.05, 0.1) is 6.04 Å². The van der Waals surface area contributed by atoms with E-state index in [-0.39, 0.29) is 11.7 Å². The lowest BCUT2D eigenvalue weighted by Gasteiger charge is -2.13. The van der Waals surface area contributed by atoms with E-state index in [1.165, 1.54) is 4.68 Å². The zero-order valence-electron chi connectivity index (χ0n) is 9.45. The molecule has 0 bridgehead atoms. The molecule has 6 heteroatoms. The van der Waals surface area contributed by atoms with E-state index in [1.54, 1.807) is 7.05 Å². The average molecular weight is 230 g/mol. The van der Waals surface area contributed by atoms with Crippen molar-refractivity contribution in [2.75, 3.05) is 7.05 Å². The second-order valence-corrected chi connectivity index (χ2v) is 4.28. The number of aromatic nitrogens is 3. The maximum atomic E-state index is 13.0. The molecule has 1 atom stereocenters. The Hall–Kier alpha value is -1.04. The maximum absolute atomic E-state index is 13.0. The van der Waals surface area contributed by atoms with Crippen molar-refractivity contribution in [1.82, 2.24) is 20.3 Å². The molecule has 4 nitrogen and oxygen atoms in total.